The van der Waals surface area contributed by atoms with E-state index in [2.05, 4.69) is 26.5 Å². The fraction of sp³-hybridized carbons (Fsp3) is 0.154. The van der Waals surface area contributed by atoms with Crippen molar-refractivity contribution < 1.29 is 23.9 Å². The number of ether oxygens (including phenoxy) is 2. The summed E-state index contributed by atoms with van der Waals surface area (Å²) in [6, 6.07) is 21.7. The molecule has 0 unspecified atom stereocenters. The third-order valence-electron chi connectivity index (χ3n) is 4.86. The zero-order chi connectivity index (χ0) is 25.9. The van der Waals surface area contributed by atoms with Gasteiger partial charge in [0.1, 0.15) is 11.5 Å². The molecule has 186 valence electrons. The Hall–Kier alpha value is -4.86. The van der Waals surface area contributed by atoms with Gasteiger partial charge >= 0.3 is 11.8 Å². The van der Waals surface area contributed by atoms with E-state index >= 15 is 0 Å². The second-order valence-corrected chi connectivity index (χ2v) is 7.60. The molecule has 0 aromatic heterocycles. The molecule has 0 aliphatic rings. The molecule has 3 rings (SSSR count). The number of anilines is 4. The van der Waals surface area contributed by atoms with Gasteiger partial charge in [-0.15, -0.1) is 0 Å². The van der Waals surface area contributed by atoms with Gasteiger partial charge in [-0.05, 0) is 55.5 Å². The van der Waals surface area contributed by atoms with Crippen LogP contribution >= 0.6 is 0 Å². The van der Waals surface area contributed by atoms with Gasteiger partial charge in [-0.1, -0.05) is 18.2 Å². The maximum absolute atomic E-state index is 12.3. The van der Waals surface area contributed by atoms with Gasteiger partial charge in [0, 0.05) is 28.8 Å². The van der Waals surface area contributed by atoms with Crippen molar-refractivity contribution in [3.05, 3.63) is 72.8 Å². The minimum atomic E-state index is -0.999. The lowest BCUT2D eigenvalue weighted by Gasteiger charge is -2.11. The summed E-state index contributed by atoms with van der Waals surface area (Å²) in [5.41, 5.74) is 5.18. The molecule has 3 amide bonds. The van der Waals surface area contributed by atoms with Crippen LogP contribution in [0.15, 0.2) is 77.9 Å². The molecule has 0 atom stereocenters. The van der Waals surface area contributed by atoms with Crippen LogP contribution in [0.5, 0.6) is 11.5 Å². The van der Waals surface area contributed by atoms with Crippen LogP contribution in [-0.4, -0.2) is 37.7 Å². The number of nitrogens with zero attached hydrogens (tertiary/aromatic N) is 1. The van der Waals surface area contributed by atoms with Crippen LogP contribution in [0.3, 0.4) is 0 Å². The lowest BCUT2D eigenvalue weighted by molar-refractivity contribution is -0.136. The number of para-hydroxylation sites is 1. The predicted molar refractivity (Wildman–Crippen MR) is 139 cm³/mol. The number of carbonyl (C=O) groups is 3. The molecular weight excluding hydrogens is 462 g/mol. The maximum Gasteiger partial charge on any atom is 0.329 e. The number of nitrogens with one attached hydrogen (secondary N) is 4. The topological polar surface area (TPSA) is 130 Å². The lowest BCUT2D eigenvalue weighted by atomic mass is 10.2. The van der Waals surface area contributed by atoms with E-state index in [0.717, 1.165) is 11.4 Å². The molecule has 0 saturated heterocycles. The van der Waals surface area contributed by atoms with E-state index in [1.165, 1.54) is 20.3 Å². The van der Waals surface area contributed by atoms with Crippen molar-refractivity contribution in [2.75, 3.05) is 30.2 Å². The monoisotopic (exact) mass is 489 g/mol. The fourth-order valence-corrected chi connectivity index (χ4v) is 3.09. The Balaban J connectivity index is 1.48. The Morgan fingerprint density at radius 1 is 0.778 bits per heavy atom. The first kappa shape index (κ1) is 25.8. The van der Waals surface area contributed by atoms with Crippen LogP contribution in [0.1, 0.15) is 13.3 Å². The Morgan fingerprint density at radius 3 is 2.11 bits per heavy atom. The van der Waals surface area contributed by atoms with Crippen molar-refractivity contribution in [3.63, 3.8) is 0 Å². The Bertz CT molecular complexity index is 1240. The highest BCUT2D eigenvalue weighted by atomic mass is 16.5. The van der Waals surface area contributed by atoms with Gasteiger partial charge in [-0.3, -0.25) is 14.4 Å². The second-order valence-electron chi connectivity index (χ2n) is 7.60. The number of hydrogen-bond donors (Lipinski definition) is 4. The molecule has 0 aliphatic carbocycles. The van der Waals surface area contributed by atoms with E-state index in [0.29, 0.717) is 22.9 Å². The first-order valence-corrected chi connectivity index (χ1v) is 11.0. The third-order valence-corrected chi connectivity index (χ3v) is 4.86. The summed E-state index contributed by atoms with van der Waals surface area (Å²) in [6.45, 7) is 1.57. The molecule has 0 fully saturated rings. The van der Waals surface area contributed by atoms with Crippen molar-refractivity contribution in [2.24, 2.45) is 5.10 Å². The van der Waals surface area contributed by atoms with E-state index in [1.54, 1.807) is 31.2 Å². The molecule has 0 aliphatic heterocycles. The molecule has 3 aromatic carbocycles. The fourth-order valence-electron chi connectivity index (χ4n) is 3.09. The summed E-state index contributed by atoms with van der Waals surface area (Å²) in [7, 11) is 2.91. The highest BCUT2D eigenvalue weighted by molar-refractivity contribution is 6.39. The molecule has 10 nitrogen and oxygen atoms in total. The Labute approximate surface area is 208 Å². The minimum Gasteiger partial charge on any atom is -0.497 e. The van der Waals surface area contributed by atoms with E-state index in [4.69, 9.17) is 9.47 Å². The van der Waals surface area contributed by atoms with Gasteiger partial charge in [-0.2, -0.15) is 5.10 Å². The molecule has 36 heavy (non-hydrogen) atoms. The smallest absolute Gasteiger partial charge is 0.329 e. The van der Waals surface area contributed by atoms with Gasteiger partial charge in [0.05, 0.1) is 26.3 Å². The first-order valence-electron chi connectivity index (χ1n) is 11.0. The average Bonchev–Trinajstić information content (AvgIpc) is 2.88. The highest BCUT2D eigenvalue weighted by Crippen LogP contribution is 2.28. The van der Waals surface area contributed by atoms with Crippen LogP contribution in [0.4, 0.5) is 22.7 Å². The number of hydrogen-bond acceptors (Lipinski definition) is 7. The van der Waals surface area contributed by atoms with Crippen molar-refractivity contribution >= 4 is 46.2 Å². The summed E-state index contributed by atoms with van der Waals surface area (Å²) in [4.78, 5) is 36.7. The van der Waals surface area contributed by atoms with Gasteiger partial charge in [0.2, 0.25) is 5.91 Å². The number of rotatable bonds is 9. The van der Waals surface area contributed by atoms with E-state index in [1.807, 2.05) is 42.5 Å². The van der Waals surface area contributed by atoms with Gasteiger partial charge in [0.15, 0.2) is 0 Å². The molecule has 0 bridgehead atoms. The van der Waals surface area contributed by atoms with Crippen LogP contribution in [0.25, 0.3) is 0 Å². The van der Waals surface area contributed by atoms with E-state index in [-0.39, 0.29) is 18.0 Å². The van der Waals surface area contributed by atoms with Gasteiger partial charge < -0.3 is 25.4 Å². The first-order chi connectivity index (χ1) is 17.4. The van der Waals surface area contributed by atoms with Crippen molar-refractivity contribution in [3.8, 4) is 11.5 Å². The maximum atomic E-state index is 12.3. The van der Waals surface area contributed by atoms with Gasteiger partial charge in [-0.25, -0.2) is 5.43 Å². The zero-order valence-electron chi connectivity index (χ0n) is 20.1. The van der Waals surface area contributed by atoms with E-state index < -0.39 is 11.8 Å². The van der Waals surface area contributed by atoms with Crippen molar-refractivity contribution in [2.45, 2.75) is 13.3 Å². The zero-order valence-corrected chi connectivity index (χ0v) is 20.1. The molecule has 0 radical (unpaired) electrons. The van der Waals surface area contributed by atoms with Crippen LogP contribution in [-0.2, 0) is 14.4 Å². The van der Waals surface area contributed by atoms with Crippen LogP contribution in [0, 0.1) is 0 Å². The molecule has 0 heterocycles. The molecule has 0 spiro atoms. The number of carbonyl (C=O) groups excluding carboxylic acids is 3. The molecule has 10 heteroatoms. The van der Waals surface area contributed by atoms with Crippen LogP contribution in [0.2, 0.25) is 0 Å². The average molecular weight is 490 g/mol. The number of benzene rings is 3. The summed E-state index contributed by atoms with van der Waals surface area (Å²) in [5, 5.41) is 12.3. The molecule has 4 N–H and O–H groups in total. The SMILES string of the molecule is COc1ccc(OC)c(NC(=O)C(=O)N/N=C(\C)CC(=O)Nc2ccc(Nc3ccccc3)cc2)c1. The van der Waals surface area contributed by atoms with Crippen molar-refractivity contribution in [1.82, 2.24) is 5.43 Å². The summed E-state index contributed by atoms with van der Waals surface area (Å²) < 4.78 is 10.3. The second kappa shape index (κ2) is 12.6. The predicted octanol–water partition coefficient (Wildman–Crippen LogP) is 3.91. The molecule has 3 aromatic rings. The quantitative estimate of drug-likeness (QED) is 0.205. The summed E-state index contributed by atoms with van der Waals surface area (Å²) in [5.74, 6) is -1.43. The minimum absolute atomic E-state index is 0.0738. The number of methoxy groups -OCH3 is 2. The van der Waals surface area contributed by atoms with E-state index in [9.17, 15) is 14.4 Å². The molecular formula is C26H27N5O5. The van der Waals surface area contributed by atoms with Crippen LogP contribution < -0.4 is 30.8 Å². The largest absolute Gasteiger partial charge is 0.497 e. The molecule has 0 saturated carbocycles. The number of amides is 3. The van der Waals surface area contributed by atoms with Gasteiger partial charge in [0.25, 0.3) is 0 Å². The lowest BCUT2D eigenvalue weighted by Crippen LogP contribution is -2.33. The third kappa shape index (κ3) is 7.59. The highest BCUT2D eigenvalue weighted by Gasteiger charge is 2.16. The summed E-state index contributed by atoms with van der Waals surface area (Å²) in [6.07, 6.45) is -0.0738. The number of hydrazone groups is 1. The standard InChI is InChI=1S/C26H27N5O5/c1-17(30-31-26(34)25(33)29-22-16-21(35-2)13-14-23(22)36-3)15-24(32)28-20-11-9-19(10-12-20)27-18-7-5-4-6-8-18/h4-14,16,27H,15H2,1-3H3,(H,28,32)(H,29,33)(H,31,34)/b30-17+. The normalized spacial score (nSPS) is 10.7. The summed E-state index contributed by atoms with van der Waals surface area (Å²) >= 11 is 0. The Kier molecular flexibility index (Phi) is 8.99. The van der Waals surface area contributed by atoms with Crippen molar-refractivity contribution in [1.29, 1.82) is 0 Å². The Morgan fingerprint density at radius 2 is 1.44 bits per heavy atom.